The summed E-state index contributed by atoms with van der Waals surface area (Å²) in [6, 6.07) is 7.65. The van der Waals surface area contributed by atoms with Gasteiger partial charge in [0.2, 0.25) is 10.0 Å². The largest absolute Gasteiger partial charge is 0.314 e. The zero-order chi connectivity index (χ0) is 15.5. The maximum absolute atomic E-state index is 12.4. The Hall–Kier alpha value is -0.910. The molecule has 0 amide bonds. The summed E-state index contributed by atoms with van der Waals surface area (Å²) >= 11 is 0. The smallest absolute Gasteiger partial charge is 0.240 e. The summed E-state index contributed by atoms with van der Waals surface area (Å²) in [4.78, 5) is 0.362. The van der Waals surface area contributed by atoms with Crippen molar-refractivity contribution in [2.75, 3.05) is 6.54 Å². The Balaban J connectivity index is 2.05. The highest BCUT2D eigenvalue weighted by molar-refractivity contribution is 7.89. The lowest BCUT2D eigenvalue weighted by Crippen LogP contribution is -2.46. The molecule has 1 aliphatic rings. The van der Waals surface area contributed by atoms with Gasteiger partial charge < -0.3 is 5.32 Å². The highest BCUT2D eigenvalue weighted by atomic mass is 32.2. The van der Waals surface area contributed by atoms with Gasteiger partial charge in [0.15, 0.2) is 0 Å². The van der Waals surface area contributed by atoms with Crippen LogP contribution in [0.4, 0.5) is 0 Å². The summed E-state index contributed by atoms with van der Waals surface area (Å²) in [5.74, 6) is 0.571. The van der Waals surface area contributed by atoms with Crippen LogP contribution in [0.3, 0.4) is 0 Å². The Morgan fingerprint density at radius 3 is 2.52 bits per heavy atom. The van der Waals surface area contributed by atoms with Crippen molar-refractivity contribution < 1.29 is 8.42 Å². The molecule has 1 saturated heterocycles. The Bertz CT molecular complexity index is 552. The summed E-state index contributed by atoms with van der Waals surface area (Å²) in [6.07, 6.45) is 2.65. The molecule has 5 heteroatoms. The Morgan fingerprint density at radius 1 is 1.29 bits per heavy atom. The van der Waals surface area contributed by atoms with Crippen LogP contribution in [0.1, 0.15) is 39.2 Å². The van der Waals surface area contributed by atoms with E-state index >= 15 is 0 Å². The second-order valence-electron chi connectivity index (χ2n) is 6.44. The first-order chi connectivity index (χ1) is 9.87. The minimum atomic E-state index is -3.41. The molecular weight excluding hydrogens is 284 g/mol. The summed E-state index contributed by atoms with van der Waals surface area (Å²) in [5, 5.41) is 3.33. The fourth-order valence-corrected chi connectivity index (χ4v) is 4.09. The van der Waals surface area contributed by atoms with E-state index in [1.165, 1.54) is 5.56 Å². The SMILES string of the molecule is CC(C)Cc1ccc(S(=O)(=O)NC2CCNC(C)C2)cc1. The minimum Gasteiger partial charge on any atom is -0.314 e. The van der Waals surface area contributed by atoms with E-state index in [0.717, 1.165) is 25.8 Å². The van der Waals surface area contributed by atoms with Crippen molar-refractivity contribution >= 4 is 10.0 Å². The average Bonchev–Trinajstić information content (AvgIpc) is 2.38. The summed E-state index contributed by atoms with van der Waals surface area (Å²) < 4.78 is 27.7. The van der Waals surface area contributed by atoms with E-state index in [-0.39, 0.29) is 6.04 Å². The van der Waals surface area contributed by atoms with Gasteiger partial charge in [-0.1, -0.05) is 26.0 Å². The van der Waals surface area contributed by atoms with Crippen molar-refractivity contribution in [3.63, 3.8) is 0 Å². The van der Waals surface area contributed by atoms with E-state index in [2.05, 4.69) is 30.8 Å². The van der Waals surface area contributed by atoms with Crippen LogP contribution in [0.25, 0.3) is 0 Å². The predicted molar refractivity (Wildman–Crippen MR) is 85.8 cm³/mol. The van der Waals surface area contributed by atoms with Gasteiger partial charge in [-0.05, 0) is 56.3 Å². The lowest BCUT2D eigenvalue weighted by atomic mass is 10.0. The first-order valence-corrected chi connectivity index (χ1v) is 9.20. The van der Waals surface area contributed by atoms with E-state index in [4.69, 9.17) is 0 Å². The Labute approximate surface area is 128 Å². The lowest BCUT2D eigenvalue weighted by molar-refractivity contribution is 0.361. The van der Waals surface area contributed by atoms with E-state index in [9.17, 15) is 8.42 Å². The highest BCUT2D eigenvalue weighted by Crippen LogP contribution is 2.16. The van der Waals surface area contributed by atoms with Crippen LogP contribution in [0.5, 0.6) is 0 Å². The zero-order valence-electron chi connectivity index (χ0n) is 13.1. The lowest BCUT2D eigenvalue weighted by Gasteiger charge is -2.28. The van der Waals surface area contributed by atoms with Gasteiger partial charge in [-0.15, -0.1) is 0 Å². The Kier molecular flexibility index (Phi) is 5.41. The minimum absolute atomic E-state index is 0.0293. The van der Waals surface area contributed by atoms with Crippen molar-refractivity contribution in [1.29, 1.82) is 0 Å². The second-order valence-corrected chi connectivity index (χ2v) is 8.15. The molecule has 2 rings (SSSR count). The molecule has 0 aliphatic carbocycles. The summed E-state index contributed by atoms with van der Waals surface area (Å²) in [5.41, 5.74) is 1.18. The van der Waals surface area contributed by atoms with Crippen LogP contribution < -0.4 is 10.0 Å². The third-order valence-electron chi connectivity index (χ3n) is 3.82. The van der Waals surface area contributed by atoms with Crippen LogP contribution in [-0.4, -0.2) is 27.0 Å². The van der Waals surface area contributed by atoms with Crippen LogP contribution in [0.2, 0.25) is 0 Å². The highest BCUT2D eigenvalue weighted by Gasteiger charge is 2.24. The quantitative estimate of drug-likeness (QED) is 0.877. The molecule has 2 N–H and O–H groups in total. The molecular formula is C16H26N2O2S. The monoisotopic (exact) mass is 310 g/mol. The molecule has 0 bridgehead atoms. The van der Waals surface area contributed by atoms with Crippen LogP contribution in [0.15, 0.2) is 29.2 Å². The number of benzene rings is 1. The first kappa shape index (κ1) is 16.5. The molecule has 1 aromatic rings. The number of hydrogen-bond donors (Lipinski definition) is 2. The molecule has 2 atom stereocenters. The van der Waals surface area contributed by atoms with E-state index in [0.29, 0.717) is 16.9 Å². The third kappa shape index (κ3) is 4.80. The molecule has 1 heterocycles. The number of hydrogen-bond acceptors (Lipinski definition) is 3. The molecule has 0 spiro atoms. The maximum Gasteiger partial charge on any atom is 0.240 e. The average molecular weight is 310 g/mol. The summed E-state index contributed by atoms with van der Waals surface area (Å²) in [7, 11) is -3.41. The van der Waals surface area contributed by atoms with Gasteiger partial charge in [0.25, 0.3) is 0 Å². The number of piperidine rings is 1. The fraction of sp³-hybridized carbons (Fsp3) is 0.625. The number of sulfonamides is 1. The van der Waals surface area contributed by atoms with Gasteiger partial charge in [0, 0.05) is 12.1 Å². The topological polar surface area (TPSA) is 58.2 Å². The van der Waals surface area contributed by atoms with Gasteiger partial charge in [0.1, 0.15) is 0 Å². The van der Waals surface area contributed by atoms with Gasteiger partial charge in [-0.25, -0.2) is 13.1 Å². The molecule has 118 valence electrons. The third-order valence-corrected chi connectivity index (χ3v) is 5.36. The fourth-order valence-electron chi connectivity index (χ4n) is 2.80. The van der Waals surface area contributed by atoms with Crippen molar-refractivity contribution in [2.45, 2.75) is 57.0 Å². The molecule has 1 fully saturated rings. The molecule has 0 saturated carbocycles. The van der Waals surface area contributed by atoms with E-state index < -0.39 is 10.0 Å². The van der Waals surface area contributed by atoms with E-state index in [1.807, 2.05) is 12.1 Å². The van der Waals surface area contributed by atoms with Gasteiger partial charge >= 0.3 is 0 Å². The van der Waals surface area contributed by atoms with Crippen molar-refractivity contribution in [3.8, 4) is 0 Å². The summed E-state index contributed by atoms with van der Waals surface area (Å²) in [6.45, 7) is 7.26. The molecule has 0 radical (unpaired) electrons. The van der Waals surface area contributed by atoms with Crippen molar-refractivity contribution in [1.82, 2.24) is 10.0 Å². The standard InChI is InChI=1S/C16H26N2O2S/c1-12(2)10-14-4-6-16(7-5-14)21(19,20)18-15-8-9-17-13(3)11-15/h4-7,12-13,15,17-18H,8-11H2,1-3H3. The van der Waals surface area contributed by atoms with Crippen molar-refractivity contribution in [2.24, 2.45) is 5.92 Å². The normalized spacial score (nSPS) is 23.4. The molecule has 2 unspecified atom stereocenters. The van der Waals surface area contributed by atoms with Gasteiger partial charge in [0.05, 0.1) is 4.90 Å². The molecule has 1 aromatic carbocycles. The van der Waals surface area contributed by atoms with E-state index in [1.54, 1.807) is 12.1 Å². The zero-order valence-corrected chi connectivity index (χ0v) is 13.9. The van der Waals surface area contributed by atoms with Crippen LogP contribution in [-0.2, 0) is 16.4 Å². The maximum atomic E-state index is 12.4. The second kappa shape index (κ2) is 6.90. The molecule has 0 aromatic heterocycles. The number of rotatable bonds is 5. The molecule has 4 nitrogen and oxygen atoms in total. The molecule has 1 aliphatic heterocycles. The van der Waals surface area contributed by atoms with Crippen LogP contribution >= 0.6 is 0 Å². The van der Waals surface area contributed by atoms with Crippen LogP contribution in [0, 0.1) is 5.92 Å². The van der Waals surface area contributed by atoms with Gasteiger partial charge in [-0.2, -0.15) is 0 Å². The predicted octanol–water partition coefficient (Wildman–Crippen LogP) is 2.30. The molecule has 21 heavy (non-hydrogen) atoms. The number of nitrogens with one attached hydrogen (secondary N) is 2. The Morgan fingerprint density at radius 2 is 1.95 bits per heavy atom. The first-order valence-electron chi connectivity index (χ1n) is 7.71. The van der Waals surface area contributed by atoms with Crippen molar-refractivity contribution in [3.05, 3.63) is 29.8 Å². The van der Waals surface area contributed by atoms with Gasteiger partial charge in [-0.3, -0.25) is 0 Å².